The van der Waals surface area contributed by atoms with Crippen LogP contribution >= 0.6 is 0 Å². The Kier molecular flexibility index (Phi) is 4.53. The van der Waals surface area contributed by atoms with Gasteiger partial charge < -0.3 is 10.6 Å². The highest BCUT2D eigenvalue weighted by Gasteiger charge is 2.43. The van der Waals surface area contributed by atoms with Crippen molar-refractivity contribution in [3.05, 3.63) is 71.6 Å². The van der Waals surface area contributed by atoms with Crippen LogP contribution in [-0.4, -0.2) is 17.8 Å². The molecule has 132 valence electrons. The third-order valence-electron chi connectivity index (χ3n) is 4.07. The predicted octanol–water partition coefficient (Wildman–Crippen LogP) is 2.53. The molecule has 3 rings (SSSR count). The lowest BCUT2D eigenvalue weighted by Crippen LogP contribution is -2.40. The first kappa shape index (κ1) is 17.3. The minimum atomic E-state index is -1.21. The molecule has 1 aliphatic heterocycles. The van der Waals surface area contributed by atoms with E-state index in [0.717, 1.165) is 0 Å². The Morgan fingerprint density at radius 2 is 1.92 bits per heavy atom. The molecule has 0 aromatic heterocycles. The maximum Gasteiger partial charge on any atom is 0.322 e. The van der Waals surface area contributed by atoms with E-state index in [1.165, 1.54) is 18.2 Å². The van der Waals surface area contributed by atoms with Gasteiger partial charge >= 0.3 is 6.03 Å². The summed E-state index contributed by atoms with van der Waals surface area (Å²) in [7, 11) is 0. The Morgan fingerprint density at radius 3 is 2.62 bits per heavy atom. The predicted molar refractivity (Wildman–Crippen MR) is 94.5 cm³/mol. The number of hydrogen-bond donors (Lipinski definition) is 3. The van der Waals surface area contributed by atoms with Crippen molar-refractivity contribution >= 4 is 29.6 Å². The van der Waals surface area contributed by atoms with E-state index in [-0.39, 0.29) is 0 Å². The number of rotatable bonds is 4. The van der Waals surface area contributed by atoms with Crippen LogP contribution in [0.2, 0.25) is 0 Å². The summed E-state index contributed by atoms with van der Waals surface area (Å²) in [4.78, 5) is 35.5. The number of nitrogens with one attached hydrogen (secondary N) is 3. The Morgan fingerprint density at radius 1 is 1.15 bits per heavy atom. The summed E-state index contributed by atoms with van der Waals surface area (Å²) >= 11 is 0. The molecule has 7 heteroatoms. The Balaban J connectivity index is 1.75. The smallest absolute Gasteiger partial charge is 0.322 e. The van der Waals surface area contributed by atoms with E-state index in [1.54, 1.807) is 49.4 Å². The molecule has 4 amide bonds. The van der Waals surface area contributed by atoms with Crippen molar-refractivity contribution < 1.29 is 18.8 Å². The van der Waals surface area contributed by atoms with Crippen LogP contribution in [0, 0.1) is 5.82 Å². The van der Waals surface area contributed by atoms with Crippen LogP contribution < -0.4 is 16.0 Å². The molecule has 1 aliphatic rings. The van der Waals surface area contributed by atoms with E-state index < -0.39 is 29.2 Å². The second-order valence-electron chi connectivity index (χ2n) is 5.96. The van der Waals surface area contributed by atoms with Crippen LogP contribution in [0.4, 0.5) is 14.9 Å². The highest BCUT2D eigenvalue weighted by atomic mass is 19.1. The molecule has 0 bridgehead atoms. The summed E-state index contributed by atoms with van der Waals surface area (Å²) in [6.45, 7) is 1.58. The van der Waals surface area contributed by atoms with Gasteiger partial charge in [-0.1, -0.05) is 30.3 Å². The number of halogens is 1. The second kappa shape index (κ2) is 6.79. The highest BCUT2D eigenvalue weighted by Crippen LogP contribution is 2.26. The van der Waals surface area contributed by atoms with Crippen LogP contribution in [0.5, 0.6) is 0 Å². The molecule has 1 fully saturated rings. The maximum absolute atomic E-state index is 13.5. The van der Waals surface area contributed by atoms with Crippen LogP contribution in [-0.2, 0) is 15.1 Å². The molecule has 2 aromatic carbocycles. The molecule has 2 aromatic rings. The van der Waals surface area contributed by atoms with Gasteiger partial charge in [-0.3, -0.25) is 14.9 Å². The van der Waals surface area contributed by atoms with Crippen molar-refractivity contribution in [2.24, 2.45) is 0 Å². The van der Waals surface area contributed by atoms with Gasteiger partial charge in [-0.05, 0) is 36.8 Å². The number of urea groups is 1. The van der Waals surface area contributed by atoms with Crippen LogP contribution in [0.3, 0.4) is 0 Å². The summed E-state index contributed by atoms with van der Waals surface area (Å²) in [6.07, 6.45) is 2.59. The number of benzene rings is 2. The molecule has 0 aliphatic carbocycles. The van der Waals surface area contributed by atoms with Crippen molar-refractivity contribution in [2.45, 2.75) is 12.5 Å². The molecule has 26 heavy (non-hydrogen) atoms. The molecule has 1 heterocycles. The Bertz CT molecular complexity index is 926. The summed E-state index contributed by atoms with van der Waals surface area (Å²) in [5.74, 6) is -1.34. The zero-order valence-electron chi connectivity index (χ0n) is 13.9. The van der Waals surface area contributed by atoms with E-state index in [1.807, 2.05) is 0 Å². The molecule has 0 spiro atoms. The molecule has 3 N–H and O–H groups in total. The first-order valence-electron chi connectivity index (χ1n) is 7.86. The fourth-order valence-electron chi connectivity index (χ4n) is 2.61. The van der Waals surface area contributed by atoms with E-state index in [2.05, 4.69) is 16.0 Å². The average Bonchev–Trinajstić information content (AvgIpc) is 2.87. The van der Waals surface area contributed by atoms with E-state index >= 15 is 0 Å². The number of amides is 4. The monoisotopic (exact) mass is 353 g/mol. The summed E-state index contributed by atoms with van der Waals surface area (Å²) < 4.78 is 13.5. The van der Waals surface area contributed by atoms with E-state index in [0.29, 0.717) is 16.8 Å². The number of hydrogen-bond acceptors (Lipinski definition) is 3. The van der Waals surface area contributed by atoms with Crippen molar-refractivity contribution in [1.82, 2.24) is 10.6 Å². The topological polar surface area (TPSA) is 87.3 Å². The number of imide groups is 1. The lowest BCUT2D eigenvalue weighted by Gasteiger charge is -2.21. The Hall–Kier alpha value is -3.48. The van der Waals surface area contributed by atoms with Crippen LogP contribution in [0.1, 0.15) is 18.1 Å². The number of carbonyl (C=O) groups is 3. The molecular formula is C19H16FN3O3. The highest BCUT2D eigenvalue weighted by molar-refractivity contribution is 6.07. The van der Waals surface area contributed by atoms with Crippen molar-refractivity contribution in [3.63, 3.8) is 0 Å². The van der Waals surface area contributed by atoms with Gasteiger partial charge in [0, 0.05) is 17.3 Å². The van der Waals surface area contributed by atoms with Gasteiger partial charge in [-0.15, -0.1) is 0 Å². The normalized spacial score (nSPS) is 19.3. The zero-order chi connectivity index (χ0) is 18.7. The van der Waals surface area contributed by atoms with Crippen molar-refractivity contribution in [1.29, 1.82) is 0 Å². The number of anilines is 1. The van der Waals surface area contributed by atoms with Crippen molar-refractivity contribution in [3.8, 4) is 0 Å². The van der Waals surface area contributed by atoms with Gasteiger partial charge in [0.15, 0.2) is 0 Å². The molecule has 0 unspecified atom stereocenters. The van der Waals surface area contributed by atoms with Crippen LogP contribution in [0.15, 0.2) is 54.6 Å². The summed E-state index contributed by atoms with van der Waals surface area (Å²) in [5.41, 5.74) is 0.0627. The maximum atomic E-state index is 13.5. The third kappa shape index (κ3) is 3.46. The van der Waals surface area contributed by atoms with Crippen molar-refractivity contribution in [2.75, 3.05) is 5.32 Å². The first-order valence-corrected chi connectivity index (χ1v) is 7.86. The summed E-state index contributed by atoms with van der Waals surface area (Å²) in [5, 5.41) is 7.39. The lowest BCUT2D eigenvalue weighted by atomic mass is 9.92. The Labute approximate surface area is 149 Å². The molecule has 0 saturated carbocycles. The molecular weight excluding hydrogens is 337 g/mol. The van der Waals surface area contributed by atoms with Gasteiger partial charge in [-0.25, -0.2) is 9.18 Å². The van der Waals surface area contributed by atoms with Gasteiger partial charge in [-0.2, -0.15) is 0 Å². The van der Waals surface area contributed by atoms with Crippen LogP contribution in [0.25, 0.3) is 6.08 Å². The molecule has 1 atom stereocenters. The van der Waals surface area contributed by atoms with Gasteiger partial charge in [0.2, 0.25) is 5.91 Å². The lowest BCUT2D eigenvalue weighted by molar-refractivity contribution is -0.123. The minimum Gasteiger partial charge on any atom is -0.323 e. The van der Waals surface area contributed by atoms with E-state index in [4.69, 9.17) is 0 Å². The summed E-state index contributed by atoms with van der Waals surface area (Å²) in [6, 6.07) is 12.1. The average molecular weight is 353 g/mol. The fraction of sp³-hybridized carbons (Fsp3) is 0.105. The van der Waals surface area contributed by atoms with Gasteiger partial charge in [0.25, 0.3) is 5.91 Å². The standard InChI is InChI=1S/C19H16FN3O3/c1-19(17(25)22-18(26)23-19)13-6-4-7-14(11-13)21-16(24)10-9-12-5-2-3-8-15(12)20/h2-11H,1H3,(H,21,24)(H2,22,23,25,26)/b10-9-/t19-/m0/s1. The first-order chi connectivity index (χ1) is 12.4. The van der Waals surface area contributed by atoms with Gasteiger partial charge in [0.05, 0.1) is 0 Å². The SMILES string of the molecule is C[C@@]1(c2cccc(NC(=O)/C=C\c3ccccc3F)c2)NC(=O)NC1=O. The second-order valence-corrected chi connectivity index (χ2v) is 5.96. The molecule has 0 radical (unpaired) electrons. The number of carbonyl (C=O) groups excluding carboxylic acids is 3. The zero-order valence-corrected chi connectivity index (χ0v) is 13.9. The van der Waals surface area contributed by atoms with E-state index in [9.17, 15) is 18.8 Å². The largest absolute Gasteiger partial charge is 0.323 e. The molecule has 6 nitrogen and oxygen atoms in total. The third-order valence-corrected chi connectivity index (χ3v) is 4.07. The fourth-order valence-corrected chi connectivity index (χ4v) is 2.61. The quantitative estimate of drug-likeness (QED) is 0.583. The minimum absolute atomic E-state index is 0.300. The molecule has 1 saturated heterocycles. The van der Waals surface area contributed by atoms with Gasteiger partial charge in [0.1, 0.15) is 11.4 Å².